The largest absolute Gasteiger partial charge is 0.389 e. The molecule has 0 fully saturated rings. The standard InChI is InChI=1S/C23H29NO3/c24-23(27)11-7-2-1-6-10-21-19(14-17-22(21)26)13-16-20(25)15-12-18-8-4-3-5-9-18/h1,3-6,8-9,13,16,20,25H,2,7,10-12,14-15,17H2,(H2,24,27)/b6-1+,16-13+/t20-/m0/s1. The Labute approximate surface area is 161 Å². The second-order valence-electron chi connectivity index (χ2n) is 6.91. The van der Waals surface area contributed by atoms with Crippen molar-refractivity contribution in [2.24, 2.45) is 5.73 Å². The van der Waals surface area contributed by atoms with Crippen molar-refractivity contribution in [3.05, 3.63) is 71.3 Å². The predicted molar refractivity (Wildman–Crippen MR) is 108 cm³/mol. The van der Waals surface area contributed by atoms with E-state index in [0.717, 1.165) is 36.8 Å². The van der Waals surface area contributed by atoms with Crippen LogP contribution in [0, 0.1) is 0 Å². The third-order valence-electron chi connectivity index (χ3n) is 4.72. The van der Waals surface area contributed by atoms with Gasteiger partial charge in [-0.2, -0.15) is 0 Å². The number of carbonyl (C=O) groups excluding carboxylic acids is 2. The normalized spacial score (nSPS) is 16.0. The van der Waals surface area contributed by atoms with Crippen LogP contribution in [0.5, 0.6) is 0 Å². The van der Waals surface area contributed by atoms with Gasteiger partial charge in [0.2, 0.25) is 5.91 Å². The van der Waals surface area contributed by atoms with E-state index in [4.69, 9.17) is 5.73 Å². The number of aryl methyl sites for hydroxylation is 1. The molecule has 3 N–H and O–H groups in total. The highest BCUT2D eigenvalue weighted by Gasteiger charge is 2.20. The number of nitrogens with two attached hydrogens (primary N) is 1. The number of Topliss-reactive ketones (excluding diaryl/α,β-unsaturated/α-hetero) is 1. The van der Waals surface area contributed by atoms with Crippen molar-refractivity contribution in [3.63, 3.8) is 0 Å². The Morgan fingerprint density at radius 2 is 1.96 bits per heavy atom. The molecule has 0 spiro atoms. The van der Waals surface area contributed by atoms with E-state index in [0.29, 0.717) is 25.7 Å². The van der Waals surface area contributed by atoms with Gasteiger partial charge in [0.05, 0.1) is 6.10 Å². The van der Waals surface area contributed by atoms with E-state index < -0.39 is 6.10 Å². The van der Waals surface area contributed by atoms with Crippen LogP contribution < -0.4 is 5.73 Å². The van der Waals surface area contributed by atoms with E-state index in [-0.39, 0.29) is 11.7 Å². The number of unbranched alkanes of at least 4 members (excludes halogenated alkanes) is 1. The zero-order valence-corrected chi connectivity index (χ0v) is 15.8. The molecule has 0 saturated heterocycles. The minimum atomic E-state index is -0.515. The molecule has 1 amide bonds. The van der Waals surface area contributed by atoms with Crippen molar-refractivity contribution in [1.82, 2.24) is 0 Å². The summed E-state index contributed by atoms with van der Waals surface area (Å²) in [6, 6.07) is 10.1. The van der Waals surface area contributed by atoms with Gasteiger partial charge >= 0.3 is 0 Å². The number of carbonyl (C=O) groups is 2. The van der Waals surface area contributed by atoms with Crippen LogP contribution in [0.15, 0.2) is 65.8 Å². The van der Waals surface area contributed by atoms with Crippen molar-refractivity contribution >= 4 is 11.7 Å². The fourth-order valence-corrected chi connectivity index (χ4v) is 3.15. The summed E-state index contributed by atoms with van der Waals surface area (Å²) < 4.78 is 0. The lowest BCUT2D eigenvalue weighted by Gasteiger charge is -2.06. The molecular weight excluding hydrogens is 338 g/mol. The zero-order valence-electron chi connectivity index (χ0n) is 15.8. The Morgan fingerprint density at radius 3 is 2.70 bits per heavy atom. The molecular formula is C23H29NO3. The summed E-state index contributed by atoms with van der Waals surface area (Å²) in [5.41, 5.74) is 8.19. The average Bonchev–Trinajstić information content (AvgIpc) is 3.01. The van der Waals surface area contributed by atoms with Crippen LogP contribution >= 0.6 is 0 Å². The SMILES string of the molecule is NC(=O)CCC/C=C/CC1=C(/C=C/[C@@H](O)CCc2ccccc2)CCC1=O. The Kier molecular flexibility index (Phi) is 8.72. The molecule has 0 saturated carbocycles. The monoisotopic (exact) mass is 367 g/mol. The molecule has 1 aromatic rings. The number of hydrogen-bond donors (Lipinski definition) is 2. The van der Waals surface area contributed by atoms with Crippen molar-refractivity contribution in [2.45, 2.75) is 57.5 Å². The summed E-state index contributed by atoms with van der Waals surface area (Å²) in [5, 5.41) is 10.2. The highest BCUT2D eigenvalue weighted by Crippen LogP contribution is 2.27. The third-order valence-corrected chi connectivity index (χ3v) is 4.72. The lowest BCUT2D eigenvalue weighted by atomic mass is 10.0. The first kappa shape index (κ1) is 20.8. The molecule has 1 atom stereocenters. The van der Waals surface area contributed by atoms with Crippen LogP contribution in [0.4, 0.5) is 0 Å². The van der Waals surface area contributed by atoms with Gasteiger partial charge in [-0.1, -0.05) is 54.6 Å². The molecule has 1 aliphatic rings. The Bertz CT molecular complexity index is 716. The molecule has 2 rings (SSSR count). The molecule has 0 heterocycles. The third kappa shape index (κ3) is 7.75. The van der Waals surface area contributed by atoms with Crippen molar-refractivity contribution in [2.75, 3.05) is 0 Å². The van der Waals surface area contributed by atoms with Crippen molar-refractivity contribution in [1.29, 1.82) is 0 Å². The Morgan fingerprint density at radius 1 is 1.19 bits per heavy atom. The van der Waals surface area contributed by atoms with Crippen molar-refractivity contribution < 1.29 is 14.7 Å². The van der Waals surface area contributed by atoms with Gasteiger partial charge in [0, 0.05) is 18.4 Å². The van der Waals surface area contributed by atoms with E-state index in [1.807, 2.05) is 36.4 Å². The van der Waals surface area contributed by atoms with Crippen LogP contribution in [0.25, 0.3) is 0 Å². The quantitative estimate of drug-likeness (QED) is 0.461. The number of aliphatic hydroxyl groups is 1. The molecule has 0 aromatic heterocycles. The molecule has 27 heavy (non-hydrogen) atoms. The Balaban J connectivity index is 1.83. The van der Waals surface area contributed by atoms with Gasteiger partial charge in [0.1, 0.15) is 0 Å². The predicted octanol–water partition coefficient (Wildman–Crippen LogP) is 3.80. The highest BCUT2D eigenvalue weighted by molar-refractivity contribution is 5.99. The van der Waals surface area contributed by atoms with Gasteiger partial charge in [-0.05, 0) is 49.7 Å². The number of hydrogen-bond acceptors (Lipinski definition) is 3. The van der Waals surface area contributed by atoms with Crippen LogP contribution in [0.2, 0.25) is 0 Å². The molecule has 144 valence electrons. The minimum Gasteiger partial charge on any atom is -0.389 e. The maximum Gasteiger partial charge on any atom is 0.217 e. The number of allylic oxidation sites excluding steroid dienone is 5. The van der Waals surface area contributed by atoms with E-state index in [1.54, 1.807) is 6.08 Å². The molecule has 1 aromatic carbocycles. The molecule has 4 heteroatoms. The van der Waals surface area contributed by atoms with Crippen LogP contribution in [-0.2, 0) is 16.0 Å². The number of ketones is 1. The zero-order chi connectivity index (χ0) is 19.5. The first-order valence-corrected chi connectivity index (χ1v) is 9.65. The maximum atomic E-state index is 12.1. The molecule has 0 aliphatic heterocycles. The number of benzene rings is 1. The summed E-state index contributed by atoms with van der Waals surface area (Å²) in [5.74, 6) is -0.0921. The van der Waals surface area contributed by atoms with Crippen LogP contribution in [-0.4, -0.2) is 22.9 Å². The van der Waals surface area contributed by atoms with Gasteiger partial charge in [-0.25, -0.2) is 0 Å². The second-order valence-corrected chi connectivity index (χ2v) is 6.91. The first-order valence-electron chi connectivity index (χ1n) is 9.65. The fraction of sp³-hybridized carbons (Fsp3) is 0.391. The number of rotatable bonds is 11. The van der Waals surface area contributed by atoms with Crippen LogP contribution in [0.1, 0.15) is 50.5 Å². The molecule has 0 unspecified atom stereocenters. The van der Waals surface area contributed by atoms with Gasteiger partial charge in [0.25, 0.3) is 0 Å². The number of primary amides is 1. The van der Waals surface area contributed by atoms with E-state index in [9.17, 15) is 14.7 Å². The minimum absolute atomic E-state index is 0.190. The summed E-state index contributed by atoms with van der Waals surface area (Å²) in [6.07, 6.45) is 12.5. The number of aliphatic hydroxyl groups excluding tert-OH is 1. The summed E-state index contributed by atoms with van der Waals surface area (Å²) in [6.45, 7) is 0. The highest BCUT2D eigenvalue weighted by atomic mass is 16.3. The molecule has 0 bridgehead atoms. The molecule has 0 radical (unpaired) electrons. The second kappa shape index (κ2) is 11.3. The molecule has 4 nitrogen and oxygen atoms in total. The lowest BCUT2D eigenvalue weighted by Crippen LogP contribution is -2.09. The maximum absolute atomic E-state index is 12.1. The first-order chi connectivity index (χ1) is 13.1. The topological polar surface area (TPSA) is 80.4 Å². The van der Waals surface area contributed by atoms with E-state index in [2.05, 4.69) is 12.1 Å². The number of amides is 1. The summed E-state index contributed by atoms with van der Waals surface area (Å²) in [7, 11) is 0. The van der Waals surface area contributed by atoms with Gasteiger partial charge in [-0.15, -0.1) is 0 Å². The molecule has 1 aliphatic carbocycles. The van der Waals surface area contributed by atoms with Crippen molar-refractivity contribution in [3.8, 4) is 0 Å². The van der Waals surface area contributed by atoms with Gasteiger partial charge < -0.3 is 10.8 Å². The van der Waals surface area contributed by atoms with E-state index >= 15 is 0 Å². The van der Waals surface area contributed by atoms with Crippen LogP contribution in [0.3, 0.4) is 0 Å². The Hall–Kier alpha value is -2.46. The average molecular weight is 367 g/mol. The summed E-state index contributed by atoms with van der Waals surface area (Å²) >= 11 is 0. The summed E-state index contributed by atoms with van der Waals surface area (Å²) in [4.78, 5) is 22.8. The fourth-order valence-electron chi connectivity index (χ4n) is 3.15. The van der Waals surface area contributed by atoms with E-state index in [1.165, 1.54) is 5.56 Å². The smallest absolute Gasteiger partial charge is 0.217 e. The lowest BCUT2D eigenvalue weighted by molar-refractivity contribution is -0.118. The van der Waals surface area contributed by atoms with Gasteiger partial charge in [-0.3, -0.25) is 9.59 Å². The van der Waals surface area contributed by atoms with Gasteiger partial charge in [0.15, 0.2) is 5.78 Å².